The Hall–Kier alpha value is -1.65. The molecule has 0 aliphatic heterocycles. The Morgan fingerprint density at radius 2 is 1.89 bits per heavy atom. The highest BCUT2D eigenvalue weighted by atomic mass is 35.5. The number of halogens is 3. The number of rotatable bonds is 2. The summed E-state index contributed by atoms with van der Waals surface area (Å²) in [5, 5.41) is 2.50. The van der Waals surface area contributed by atoms with Crippen LogP contribution in [0, 0.1) is 5.82 Å². The third-order valence-electron chi connectivity index (χ3n) is 2.15. The summed E-state index contributed by atoms with van der Waals surface area (Å²) < 4.78 is 13.2. The Morgan fingerprint density at radius 1 is 1.17 bits per heavy atom. The highest BCUT2D eigenvalue weighted by molar-refractivity contribution is 6.34. The highest BCUT2D eigenvalue weighted by Gasteiger charge is 2.13. The fourth-order valence-corrected chi connectivity index (χ4v) is 1.72. The first-order chi connectivity index (χ1) is 8.58. The van der Waals surface area contributed by atoms with Crippen LogP contribution in [-0.2, 0) is 0 Å². The molecule has 1 N–H and O–H groups in total. The number of carbonyl (C=O) groups excluding carboxylic acids is 1. The lowest BCUT2D eigenvalue weighted by Gasteiger charge is -2.06. The molecule has 3 nitrogen and oxygen atoms in total. The Bertz CT molecular complexity index is 604. The molecule has 0 bridgehead atoms. The maximum Gasteiger partial charge on any atom is 0.258 e. The molecule has 0 unspecified atom stereocenters. The topological polar surface area (TPSA) is 42.0 Å². The number of hydrogen-bond acceptors (Lipinski definition) is 2. The van der Waals surface area contributed by atoms with Crippen LogP contribution in [0.15, 0.2) is 36.4 Å². The number of nitrogens with zero attached hydrogens (tertiary/aromatic N) is 1. The van der Waals surface area contributed by atoms with Gasteiger partial charge in [-0.3, -0.25) is 4.79 Å². The van der Waals surface area contributed by atoms with Gasteiger partial charge in [0.25, 0.3) is 5.91 Å². The van der Waals surface area contributed by atoms with E-state index < -0.39 is 11.7 Å². The van der Waals surface area contributed by atoms with Crippen molar-refractivity contribution in [1.29, 1.82) is 0 Å². The van der Waals surface area contributed by atoms with Gasteiger partial charge in [0.15, 0.2) is 0 Å². The van der Waals surface area contributed by atoms with Crippen molar-refractivity contribution in [2.24, 2.45) is 0 Å². The van der Waals surface area contributed by atoms with Crippen molar-refractivity contribution in [3.8, 4) is 0 Å². The van der Waals surface area contributed by atoms with Crippen molar-refractivity contribution in [2.45, 2.75) is 0 Å². The van der Waals surface area contributed by atoms with Crippen LogP contribution in [0.3, 0.4) is 0 Å². The third kappa shape index (κ3) is 2.78. The first-order valence-corrected chi connectivity index (χ1v) is 5.71. The van der Waals surface area contributed by atoms with Crippen molar-refractivity contribution in [1.82, 2.24) is 4.98 Å². The van der Waals surface area contributed by atoms with E-state index in [-0.39, 0.29) is 21.6 Å². The van der Waals surface area contributed by atoms with E-state index in [1.54, 1.807) is 18.2 Å². The SMILES string of the molecule is O=C(Nc1cccc(Cl)n1)c1cccc(F)c1Cl. The van der Waals surface area contributed by atoms with Crippen LogP contribution < -0.4 is 5.32 Å². The number of carbonyl (C=O) groups is 1. The minimum Gasteiger partial charge on any atom is -0.306 e. The standard InChI is InChI=1S/C12H7Cl2FN2O/c13-9-5-2-6-10(16-9)17-12(18)7-3-1-4-8(15)11(7)14/h1-6H,(H,16,17,18). The summed E-state index contributed by atoms with van der Waals surface area (Å²) in [4.78, 5) is 15.7. The van der Waals surface area contributed by atoms with Gasteiger partial charge in [0, 0.05) is 0 Å². The number of aromatic nitrogens is 1. The molecule has 92 valence electrons. The largest absolute Gasteiger partial charge is 0.306 e. The average Bonchev–Trinajstić information content (AvgIpc) is 2.32. The Morgan fingerprint density at radius 3 is 2.61 bits per heavy atom. The maximum atomic E-state index is 13.2. The van der Waals surface area contributed by atoms with Crippen LogP contribution >= 0.6 is 23.2 Å². The van der Waals surface area contributed by atoms with Crippen LogP contribution in [0.1, 0.15) is 10.4 Å². The Kier molecular flexibility index (Phi) is 3.79. The second-order valence-electron chi connectivity index (χ2n) is 3.40. The van der Waals surface area contributed by atoms with Crippen molar-refractivity contribution in [3.05, 3.63) is 58.0 Å². The molecule has 2 aromatic rings. The number of nitrogens with one attached hydrogen (secondary N) is 1. The number of amides is 1. The lowest BCUT2D eigenvalue weighted by molar-refractivity contribution is 0.102. The summed E-state index contributed by atoms with van der Waals surface area (Å²) in [5.41, 5.74) is 0.0402. The van der Waals surface area contributed by atoms with E-state index in [4.69, 9.17) is 23.2 Å². The number of pyridine rings is 1. The molecule has 18 heavy (non-hydrogen) atoms. The van der Waals surface area contributed by atoms with Gasteiger partial charge < -0.3 is 5.32 Å². The second kappa shape index (κ2) is 5.33. The van der Waals surface area contributed by atoms with E-state index in [0.717, 1.165) is 0 Å². The lowest BCUT2D eigenvalue weighted by atomic mass is 10.2. The molecule has 1 aromatic heterocycles. The van der Waals surface area contributed by atoms with E-state index in [9.17, 15) is 9.18 Å². The Labute approximate surface area is 113 Å². The predicted octanol–water partition coefficient (Wildman–Crippen LogP) is 3.78. The summed E-state index contributed by atoms with van der Waals surface area (Å²) >= 11 is 11.4. The minimum atomic E-state index is -0.650. The molecule has 2 rings (SSSR count). The van der Waals surface area contributed by atoms with E-state index in [2.05, 4.69) is 10.3 Å². The van der Waals surface area contributed by atoms with Gasteiger partial charge in [-0.05, 0) is 24.3 Å². The van der Waals surface area contributed by atoms with Crippen LogP contribution in [-0.4, -0.2) is 10.9 Å². The van der Waals surface area contributed by atoms with Crippen LogP contribution in [0.4, 0.5) is 10.2 Å². The summed E-state index contributed by atoms with van der Waals surface area (Å²) in [6.07, 6.45) is 0. The molecule has 1 amide bonds. The molecule has 0 spiro atoms. The van der Waals surface area contributed by atoms with Crippen molar-refractivity contribution >= 4 is 34.9 Å². The van der Waals surface area contributed by atoms with Gasteiger partial charge in [0.05, 0.1) is 10.6 Å². The zero-order valence-electron chi connectivity index (χ0n) is 8.95. The molecule has 1 aromatic carbocycles. The molecule has 6 heteroatoms. The number of anilines is 1. The quantitative estimate of drug-likeness (QED) is 0.853. The molecule has 0 atom stereocenters. The van der Waals surface area contributed by atoms with E-state index in [0.29, 0.717) is 0 Å². The van der Waals surface area contributed by atoms with Gasteiger partial charge in [0.1, 0.15) is 16.8 Å². The normalized spacial score (nSPS) is 10.2. The Balaban J connectivity index is 2.25. The zero-order chi connectivity index (χ0) is 13.1. The number of benzene rings is 1. The molecule has 0 saturated carbocycles. The second-order valence-corrected chi connectivity index (χ2v) is 4.17. The zero-order valence-corrected chi connectivity index (χ0v) is 10.5. The molecule has 0 saturated heterocycles. The van der Waals surface area contributed by atoms with Crippen LogP contribution in [0.2, 0.25) is 10.2 Å². The molecule has 1 heterocycles. The van der Waals surface area contributed by atoms with E-state index >= 15 is 0 Å². The van der Waals surface area contributed by atoms with E-state index in [1.807, 2.05) is 0 Å². The maximum absolute atomic E-state index is 13.2. The molecule has 0 aliphatic rings. The summed E-state index contributed by atoms with van der Waals surface area (Å²) in [6, 6.07) is 8.78. The van der Waals surface area contributed by atoms with Gasteiger partial charge in [-0.15, -0.1) is 0 Å². The first-order valence-electron chi connectivity index (χ1n) is 4.96. The molecule has 0 radical (unpaired) electrons. The average molecular weight is 285 g/mol. The lowest BCUT2D eigenvalue weighted by Crippen LogP contribution is -2.13. The number of hydrogen-bond donors (Lipinski definition) is 1. The summed E-state index contributed by atoms with van der Waals surface area (Å²) in [7, 11) is 0. The van der Waals surface area contributed by atoms with Gasteiger partial charge in [-0.2, -0.15) is 0 Å². The third-order valence-corrected chi connectivity index (χ3v) is 2.75. The fourth-order valence-electron chi connectivity index (χ4n) is 1.34. The summed E-state index contributed by atoms with van der Waals surface area (Å²) in [6.45, 7) is 0. The minimum absolute atomic E-state index is 0.0402. The summed E-state index contributed by atoms with van der Waals surface area (Å²) in [5.74, 6) is -0.925. The van der Waals surface area contributed by atoms with Gasteiger partial charge in [-0.25, -0.2) is 9.37 Å². The van der Waals surface area contributed by atoms with Gasteiger partial charge in [-0.1, -0.05) is 35.3 Å². The van der Waals surface area contributed by atoms with Crippen molar-refractivity contribution in [3.63, 3.8) is 0 Å². The molecular weight excluding hydrogens is 278 g/mol. The molecule has 0 aliphatic carbocycles. The van der Waals surface area contributed by atoms with Crippen LogP contribution in [0.5, 0.6) is 0 Å². The molecule has 0 fully saturated rings. The smallest absolute Gasteiger partial charge is 0.258 e. The van der Waals surface area contributed by atoms with Crippen molar-refractivity contribution < 1.29 is 9.18 Å². The predicted molar refractivity (Wildman–Crippen MR) is 68.6 cm³/mol. The fraction of sp³-hybridized carbons (Fsp3) is 0. The first kappa shape index (κ1) is 12.8. The van der Waals surface area contributed by atoms with Crippen molar-refractivity contribution in [2.75, 3.05) is 5.32 Å². The highest BCUT2D eigenvalue weighted by Crippen LogP contribution is 2.20. The van der Waals surface area contributed by atoms with Gasteiger partial charge in [0.2, 0.25) is 0 Å². The van der Waals surface area contributed by atoms with Crippen LogP contribution in [0.25, 0.3) is 0 Å². The van der Waals surface area contributed by atoms with E-state index in [1.165, 1.54) is 18.2 Å². The monoisotopic (exact) mass is 284 g/mol. The molecular formula is C12H7Cl2FN2O. The van der Waals surface area contributed by atoms with Gasteiger partial charge >= 0.3 is 0 Å².